The molecule has 3 nitrogen and oxygen atoms in total. The molecule has 1 heterocycles. The van der Waals surface area contributed by atoms with Gasteiger partial charge in [0.05, 0.1) is 0 Å². The zero-order chi connectivity index (χ0) is 15.8. The van der Waals surface area contributed by atoms with Gasteiger partial charge >= 0.3 is 0 Å². The summed E-state index contributed by atoms with van der Waals surface area (Å²) in [4.78, 5) is 2.30. The quantitative estimate of drug-likeness (QED) is 0.766. The maximum atomic E-state index is 10.3. The van der Waals surface area contributed by atoms with Crippen LogP contribution >= 0.6 is 11.3 Å². The molecule has 4 heteroatoms. The van der Waals surface area contributed by atoms with Gasteiger partial charge in [-0.15, -0.1) is 0 Å². The smallest absolute Gasteiger partial charge is 0.119 e. The maximum Gasteiger partial charge on any atom is 0.119 e. The Balaban J connectivity index is 1.83. The molecule has 120 valence electrons. The van der Waals surface area contributed by atoms with E-state index in [-0.39, 0.29) is 0 Å². The van der Waals surface area contributed by atoms with Gasteiger partial charge in [-0.2, -0.15) is 11.3 Å². The second-order valence-corrected chi connectivity index (χ2v) is 6.78. The summed E-state index contributed by atoms with van der Waals surface area (Å²) >= 11 is 1.71. The van der Waals surface area contributed by atoms with Crippen LogP contribution in [0.4, 0.5) is 0 Å². The molecule has 0 saturated heterocycles. The van der Waals surface area contributed by atoms with Crippen molar-refractivity contribution in [3.63, 3.8) is 0 Å². The molecule has 0 fully saturated rings. The minimum absolute atomic E-state index is 0.322. The molecule has 0 saturated carbocycles. The third-order valence-corrected chi connectivity index (χ3v) is 4.00. The molecule has 0 spiro atoms. The fourth-order valence-corrected chi connectivity index (χ4v) is 3.08. The molecule has 0 unspecified atom stereocenters. The van der Waals surface area contributed by atoms with Crippen LogP contribution in [-0.4, -0.2) is 35.8 Å². The van der Waals surface area contributed by atoms with Gasteiger partial charge in [0.1, 0.15) is 18.5 Å². The minimum Gasteiger partial charge on any atom is -0.491 e. The van der Waals surface area contributed by atoms with Crippen LogP contribution < -0.4 is 4.74 Å². The number of para-hydroxylation sites is 1. The second kappa shape index (κ2) is 8.93. The predicted octanol–water partition coefficient (Wildman–Crippen LogP) is 3.65. The molecule has 1 aromatic heterocycles. The maximum absolute atomic E-state index is 10.3. The number of aliphatic hydroxyl groups excluding tert-OH is 1. The van der Waals surface area contributed by atoms with Crippen molar-refractivity contribution >= 4 is 11.3 Å². The number of nitrogens with zero attached hydrogens (tertiary/aromatic N) is 1. The summed E-state index contributed by atoms with van der Waals surface area (Å²) in [6.07, 6.45) is -0.488. The zero-order valence-corrected chi connectivity index (χ0v) is 14.1. The Bertz CT molecular complexity index is 513. The SMILES string of the molecule is CC(C)CN(Cc1ccsc1)C[C@@H](O)COc1ccccc1. The highest BCUT2D eigenvalue weighted by molar-refractivity contribution is 7.07. The van der Waals surface area contributed by atoms with E-state index in [2.05, 4.69) is 35.6 Å². The third-order valence-electron chi connectivity index (χ3n) is 3.26. The molecule has 1 aromatic carbocycles. The molecule has 0 aliphatic rings. The van der Waals surface area contributed by atoms with E-state index in [0.29, 0.717) is 19.1 Å². The molecule has 0 bridgehead atoms. The fraction of sp³-hybridized carbons (Fsp3) is 0.444. The summed E-state index contributed by atoms with van der Waals surface area (Å²) in [5, 5.41) is 14.5. The van der Waals surface area contributed by atoms with Crippen molar-refractivity contribution in [1.29, 1.82) is 0 Å². The minimum atomic E-state index is -0.488. The Hall–Kier alpha value is -1.36. The monoisotopic (exact) mass is 319 g/mol. The van der Waals surface area contributed by atoms with Crippen molar-refractivity contribution in [1.82, 2.24) is 4.90 Å². The highest BCUT2D eigenvalue weighted by Gasteiger charge is 2.14. The van der Waals surface area contributed by atoms with Crippen LogP contribution in [0.25, 0.3) is 0 Å². The Kier molecular flexibility index (Phi) is 6.90. The van der Waals surface area contributed by atoms with Crippen LogP contribution in [0.2, 0.25) is 0 Å². The molecule has 2 aromatic rings. The highest BCUT2D eigenvalue weighted by atomic mass is 32.1. The van der Waals surface area contributed by atoms with Gasteiger partial charge in [0, 0.05) is 19.6 Å². The lowest BCUT2D eigenvalue weighted by atomic mass is 10.2. The van der Waals surface area contributed by atoms with Crippen LogP contribution in [0.1, 0.15) is 19.4 Å². The average Bonchev–Trinajstić information content (AvgIpc) is 2.98. The van der Waals surface area contributed by atoms with Crippen LogP contribution in [0.15, 0.2) is 47.2 Å². The summed E-state index contributed by atoms with van der Waals surface area (Å²) < 4.78 is 5.63. The van der Waals surface area contributed by atoms with Gasteiger partial charge in [-0.3, -0.25) is 4.90 Å². The average molecular weight is 319 g/mol. The molecule has 0 radical (unpaired) electrons. The van der Waals surface area contributed by atoms with E-state index in [4.69, 9.17) is 4.74 Å². The van der Waals surface area contributed by atoms with E-state index < -0.39 is 6.10 Å². The van der Waals surface area contributed by atoms with Crippen LogP contribution in [0.5, 0.6) is 5.75 Å². The van der Waals surface area contributed by atoms with Crippen molar-refractivity contribution in [2.45, 2.75) is 26.5 Å². The molecular weight excluding hydrogens is 294 g/mol. The van der Waals surface area contributed by atoms with E-state index in [1.54, 1.807) is 11.3 Å². The number of hydrogen-bond donors (Lipinski definition) is 1. The molecular formula is C18H25NO2S. The molecule has 0 amide bonds. The third kappa shape index (κ3) is 6.18. The topological polar surface area (TPSA) is 32.7 Å². The molecule has 2 rings (SSSR count). The standard InChI is InChI=1S/C18H25NO2S/c1-15(2)10-19(11-16-8-9-22-14-16)12-17(20)13-21-18-6-4-3-5-7-18/h3-9,14-15,17,20H,10-13H2,1-2H3/t17-/m1/s1. The number of ether oxygens (including phenoxy) is 1. The molecule has 0 aliphatic heterocycles. The Morgan fingerprint density at radius 1 is 1.14 bits per heavy atom. The molecule has 0 aliphatic carbocycles. The van der Waals surface area contributed by atoms with Crippen molar-refractivity contribution < 1.29 is 9.84 Å². The van der Waals surface area contributed by atoms with Gasteiger partial charge in [0.25, 0.3) is 0 Å². The lowest BCUT2D eigenvalue weighted by Gasteiger charge is -2.26. The van der Waals surface area contributed by atoms with E-state index in [1.807, 2.05) is 30.3 Å². The number of thiophene rings is 1. The highest BCUT2D eigenvalue weighted by Crippen LogP contribution is 2.13. The first-order valence-corrected chi connectivity index (χ1v) is 8.67. The number of hydrogen-bond acceptors (Lipinski definition) is 4. The largest absolute Gasteiger partial charge is 0.491 e. The van der Waals surface area contributed by atoms with Gasteiger partial charge in [0.2, 0.25) is 0 Å². The molecule has 1 N–H and O–H groups in total. The van der Waals surface area contributed by atoms with Gasteiger partial charge < -0.3 is 9.84 Å². The zero-order valence-electron chi connectivity index (χ0n) is 13.3. The lowest BCUT2D eigenvalue weighted by molar-refractivity contribution is 0.0615. The summed E-state index contributed by atoms with van der Waals surface area (Å²) in [7, 11) is 0. The molecule has 22 heavy (non-hydrogen) atoms. The first kappa shape index (κ1) is 17.0. The summed E-state index contributed by atoms with van der Waals surface area (Å²) in [6.45, 7) is 7.20. The summed E-state index contributed by atoms with van der Waals surface area (Å²) in [5.41, 5.74) is 1.31. The van der Waals surface area contributed by atoms with E-state index in [0.717, 1.165) is 18.8 Å². The first-order chi connectivity index (χ1) is 10.6. The summed E-state index contributed by atoms with van der Waals surface area (Å²) in [5.74, 6) is 1.37. The number of rotatable bonds is 9. The molecule has 1 atom stereocenters. The van der Waals surface area contributed by atoms with Crippen molar-refractivity contribution in [3.8, 4) is 5.75 Å². The van der Waals surface area contributed by atoms with Crippen LogP contribution in [0, 0.1) is 5.92 Å². The lowest BCUT2D eigenvalue weighted by Crippen LogP contribution is -2.37. The van der Waals surface area contributed by atoms with Gasteiger partial charge in [0.15, 0.2) is 0 Å². The normalized spacial score (nSPS) is 12.8. The Labute approximate surface area is 137 Å². The predicted molar refractivity (Wildman–Crippen MR) is 92.4 cm³/mol. The van der Waals surface area contributed by atoms with Gasteiger partial charge in [-0.1, -0.05) is 32.0 Å². The number of benzene rings is 1. The van der Waals surface area contributed by atoms with Crippen molar-refractivity contribution in [3.05, 3.63) is 52.7 Å². The second-order valence-electron chi connectivity index (χ2n) is 6.00. The van der Waals surface area contributed by atoms with Crippen LogP contribution in [-0.2, 0) is 6.54 Å². The van der Waals surface area contributed by atoms with Crippen LogP contribution in [0.3, 0.4) is 0 Å². The van der Waals surface area contributed by atoms with E-state index >= 15 is 0 Å². The Morgan fingerprint density at radius 2 is 1.91 bits per heavy atom. The number of aliphatic hydroxyl groups is 1. The van der Waals surface area contributed by atoms with Gasteiger partial charge in [-0.25, -0.2) is 0 Å². The van der Waals surface area contributed by atoms with E-state index in [9.17, 15) is 5.11 Å². The fourth-order valence-electron chi connectivity index (χ4n) is 2.42. The van der Waals surface area contributed by atoms with Crippen molar-refractivity contribution in [2.24, 2.45) is 5.92 Å². The van der Waals surface area contributed by atoms with Crippen molar-refractivity contribution in [2.75, 3.05) is 19.7 Å². The first-order valence-electron chi connectivity index (χ1n) is 7.73. The van der Waals surface area contributed by atoms with E-state index in [1.165, 1.54) is 5.56 Å². The summed E-state index contributed by atoms with van der Waals surface area (Å²) in [6, 6.07) is 11.8. The van der Waals surface area contributed by atoms with Gasteiger partial charge in [-0.05, 0) is 40.4 Å². The Morgan fingerprint density at radius 3 is 2.55 bits per heavy atom.